The van der Waals surface area contributed by atoms with E-state index in [1.807, 2.05) is 30.3 Å². The average molecular weight is 531 g/mol. The molecule has 1 N–H and O–H groups in total. The van der Waals surface area contributed by atoms with Crippen molar-refractivity contribution < 1.29 is 19.1 Å². The van der Waals surface area contributed by atoms with Crippen LogP contribution in [0.1, 0.15) is 26.3 Å². The molecular weight excluding hydrogens is 500 g/mol. The number of ketones is 1. The highest BCUT2D eigenvalue weighted by Gasteiger charge is 2.22. The molecule has 1 aliphatic rings. The molecular formula is C29H30N4O4S. The van der Waals surface area contributed by atoms with E-state index in [0.717, 1.165) is 48.1 Å². The van der Waals surface area contributed by atoms with Gasteiger partial charge in [-0.25, -0.2) is 4.98 Å². The first-order valence-electron chi connectivity index (χ1n) is 12.5. The zero-order valence-corrected chi connectivity index (χ0v) is 22.3. The second kappa shape index (κ2) is 11.6. The molecule has 0 radical (unpaired) electrons. The number of anilines is 1. The highest BCUT2D eigenvalue weighted by atomic mass is 32.1. The fourth-order valence-corrected chi connectivity index (χ4v) is 5.57. The Morgan fingerprint density at radius 3 is 2.24 bits per heavy atom. The maximum absolute atomic E-state index is 12.6. The molecule has 0 atom stereocenters. The van der Waals surface area contributed by atoms with Crippen molar-refractivity contribution >= 4 is 38.4 Å². The summed E-state index contributed by atoms with van der Waals surface area (Å²) in [4.78, 5) is 34.6. The van der Waals surface area contributed by atoms with Crippen LogP contribution in [0.15, 0.2) is 66.7 Å². The summed E-state index contributed by atoms with van der Waals surface area (Å²) in [6.45, 7) is 4.84. The van der Waals surface area contributed by atoms with Crippen molar-refractivity contribution in [2.45, 2.75) is 0 Å². The van der Waals surface area contributed by atoms with Gasteiger partial charge in [0.1, 0.15) is 5.52 Å². The van der Waals surface area contributed by atoms with Crippen LogP contribution >= 0.6 is 11.3 Å². The quantitative estimate of drug-likeness (QED) is 0.326. The van der Waals surface area contributed by atoms with Crippen LogP contribution in [0, 0.1) is 0 Å². The number of amides is 1. The monoisotopic (exact) mass is 530 g/mol. The lowest BCUT2D eigenvalue weighted by Crippen LogP contribution is -2.48. The molecule has 0 unspecified atom stereocenters. The molecule has 0 aliphatic carbocycles. The molecule has 1 aliphatic heterocycles. The topological polar surface area (TPSA) is 84.0 Å². The van der Waals surface area contributed by atoms with Gasteiger partial charge in [-0.1, -0.05) is 53.8 Å². The third-order valence-electron chi connectivity index (χ3n) is 6.69. The Labute approximate surface area is 225 Å². The van der Waals surface area contributed by atoms with E-state index < -0.39 is 0 Å². The largest absolute Gasteiger partial charge is 0.493 e. The van der Waals surface area contributed by atoms with E-state index >= 15 is 0 Å². The standard InChI is InChI=1S/C29H30N4O4S/c1-36-23-12-13-24-25(27(23)37-2)31-29(38-24)33-18-16-32(17-19-33)15-14-30-28(35)22-10-8-21(9-11-22)26(34)20-6-4-3-5-7-20/h3-13H,14-19H2,1-2H3,(H,30,35). The molecule has 38 heavy (non-hydrogen) atoms. The number of nitrogens with zero attached hydrogens (tertiary/aromatic N) is 3. The molecule has 4 aromatic rings. The average Bonchev–Trinajstić information content (AvgIpc) is 3.41. The van der Waals surface area contributed by atoms with Crippen molar-refractivity contribution in [1.82, 2.24) is 15.2 Å². The van der Waals surface area contributed by atoms with E-state index in [1.165, 1.54) is 0 Å². The maximum Gasteiger partial charge on any atom is 0.251 e. The summed E-state index contributed by atoms with van der Waals surface area (Å²) in [5, 5.41) is 3.98. The zero-order chi connectivity index (χ0) is 26.5. The number of carbonyl (C=O) groups is 2. The number of methoxy groups -OCH3 is 2. The van der Waals surface area contributed by atoms with Gasteiger partial charge in [0.25, 0.3) is 5.91 Å². The highest BCUT2D eigenvalue weighted by Crippen LogP contribution is 2.40. The fourth-order valence-electron chi connectivity index (χ4n) is 4.55. The van der Waals surface area contributed by atoms with Crippen molar-refractivity contribution in [3.05, 3.63) is 83.4 Å². The van der Waals surface area contributed by atoms with E-state index in [2.05, 4.69) is 15.1 Å². The summed E-state index contributed by atoms with van der Waals surface area (Å²) < 4.78 is 12.0. The number of hydrogen-bond acceptors (Lipinski definition) is 8. The SMILES string of the molecule is COc1ccc2sc(N3CCN(CCNC(=O)c4ccc(C(=O)c5ccccc5)cc4)CC3)nc2c1OC. The van der Waals surface area contributed by atoms with Crippen molar-refractivity contribution in [2.24, 2.45) is 0 Å². The first kappa shape index (κ1) is 25.7. The third-order valence-corrected chi connectivity index (χ3v) is 7.77. The van der Waals surface area contributed by atoms with Crippen LogP contribution in [-0.4, -0.2) is 75.1 Å². The minimum Gasteiger partial charge on any atom is -0.493 e. The Balaban J connectivity index is 1.10. The molecule has 1 aromatic heterocycles. The molecule has 196 valence electrons. The molecule has 1 fully saturated rings. The number of nitrogens with one attached hydrogen (secondary N) is 1. The first-order valence-corrected chi connectivity index (χ1v) is 13.4. The van der Waals surface area contributed by atoms with Crippen molar-refractivity contribution in [2.75, 3.05) is 58.4 Å². The first-order chi connectivity index (χ1) is 18.6. The molecule has 1 saturated heterocycles. The minimum absolute atomic E-state index is 0.0542. The highest BCUT2D eigenvalue weighted by molar-refractivity contribution is 7.22. The van der Waals surface area contributed by atoms with E-state index in [1.54, 1.807) is 62.0 Å². The number of aromatic nitrogens is 1. The normalized spacial score (nSPS) is 13.9. The predicted molar refractivity (Wildman–Crippen MR) is 150 cm³/mol. The Morgan fingerprint density at radius 2 is 1.55 bits per heavy atom. The summed E-state index contributed by atoms with van der Waals surface area (Å²) in [6.07, 6.45) is 0. The van der Waals surface area contributed by atoms with Crippen LogP contribution in [0.25, 0.3) is 10.2 Å². The number of thiazole rings is 1. The number of benzene rings is 3. The molecule has 5 rings (SSSR count). The number of carbonyl (C=O) groups excluding carboxylic acids is 2. The second-order valence-corrected chi connectivity index (χ2v) is 10.0. The Hall–Kier alpha value is -3.95. The summed E-state index contributed by atoms with van der Waals surface area (Å²) >= 11 is 1.66. The summed E-state index contributed by atoms with van der Waals surface area (Å²) in [6, 6.07) is 19.9. The number of rotatable bonds is 9. The molecule has 1 amide bonds. The third kappa shape index (κ3) is 5.49. The van der Waals surface area contributed by atoms with Crippen molar-refractivity contribution in [3.63, 3.8) is 0 Å². The molecule has 2 heterocycles. The summed E-state index contributed by atoms with van der Waals surface area (Å²) in [7, 11) is 3.26. The summed E-state index contributed by atoms with van der Waals surface area (Å²) in [5.41, 5.74) is 2.57. The van der Waals surface area contributed by atoms with Gasteiger partial charge in [-0.3, -0.25) is 14.5 Å². The van der Waals surface area contributed by atoms with Gasteiger partial charge in [0.15, 0.2) is 22.4 Å². The van der Waals surface area contributed by atoms with Crippen LogP contribution < -0.4 is 19.7 Å². The lowest BCUT2D eigenvalue weighted by Gasteiger charge is -2.34. The van der Waals surface area contributed by atoms with Crippen LogP contribution in [0.4, 0.5) is 5.13 Å². The molecule has 0 spiro atoms. The number of piperazine rings is 1. The van der Waals surface area contributed by atoms with E-state index in [0.29, 0.717) is 34.7 Å². The van der Waals surface area contributed by atoms with Crippen molar-refractivity contribution in [1.29, 1.82) is 0 Å². The van der Waals surface area contributed by atoms with Gasteiger partial charge in [0.2, 0.25) is 0 Å². The van der Waals surface area contributed by atoms with E-state index in [9.17, 15) is 9.59 Å². The second-order valence-electron chi connectivity index (χ2n) is 9.00. The van der Waals surface area contributed by atoms with Gasteiger partial charge < -0.3 is 19.7 Å². The Bertz CT molecular complexity index is 1410. The van der Waals surface area contributed by atoms with Gasteiger partial charge in [-0.2, -0.15) is 0 Å². The predicted octanol–water partition coefficient (Wildman–Crippen LogP) is 4.10. The number of fused-ring (bicyclic) bond motifs is 1. The fraction of sp³-hybridized carbons (Fsp3) is 0.276. The van der Waals surface area contributed by atoms with Crippen molar-refractivity contribution in [3.8, 4) is 11.5 Å². The number of ether oxygens (including phenoxy) is 2. The number of hydrogen-bond donors (Lipinski definition) is 1. The smallest absolute Gasteiger partial charge is 0.251 e. The maximum atomic E-state index is 12.6. The van der Waals surface area contributed by atoms with Gasteiger partial charge in [-0.15, -0.1) is 0 Å². The molecule has 0 saturated carbocycles. The minimum atomic E-state index is -0.138. The van der Waals surface area contributed by atoms with Crippen LogP contribution in [-0.2, 0) is 0 Å². The molecule has 3 aromatic carbocycles. The van der Waals surface area contributed by atoms with E-state index in [4.69, 9.17) is 14.5 Å². The Morgan fingerprint density at radius 1 is 0.868 bits per heavy atom. The van der Waals surface area contributed by atoms with Gasteiger partial charge in [0, 0.05) is 56.0 Å². The Kier molecular flexibility index (Phi) is 7.86. The van der Waals surface area contributed by atoms with Gasteiger partial charge >= 0.3 is 0 Å². The molecule has 8 nitrogen and oxygen atoms in total. The van der Waals surface area contributed by atoms with Crippen LogP contribution in [0.3, 0.4) is 0 Å². The lowest BCUT2D eigenvalue weighted by atomic mass is 10.0. The van der Waals surface area contributed by atoms with Gasteiger partial charge in [-0.05, 0) is 24.3 Å². The zero-order valence-electron chi connectivity index (χ0n) is 21.5. The lowest BCUT2D eigenvalue weighted by molar-refractivity contribution is 0.0946. The van der Waals surface area contributed by atoms with Gasteiger partial charge in [0.05, 0.1) is 18.9 Å². The van der Waals surface area contributed by atoms with Crippen LogP contribution in [0.2, 0.25) is 0 Å². The molecule has 9 heteroatoms. The van der Waals surface area contributed by atoms with Crippen LogP contribution in [0.5, 0.6) is 11.5 Å². The summed E-state index contributed by atoms with van der Waals surface area (Å²) in [5.74, 6) is 1.15. The molecule has 0 bridgehead atoms. The van der Waals surface area contributed by atoms with E-state index in [-0.39, 0.29) is 11.7 Å².